The summed E-state index contributed by atoms with van der Waals surface area (Å²) in [6, 6.07) is 11.7. The number of fused-ring (bicyclic) bond motifs is 1. The van der Waals surface area contributed by atoms with Crippen LogP contribution in [0, 0.1) is 6.92 Å². The minimum atomic E-state index is 0.124. The lowest BCUT2D eigenvalue weighted by atomic mass is 10.1. The molecule has 4 heteroatoms. The first-order valence-corrected chi connectivity index (χ1v) is 6.96. The molecule has 0 spiro atoms. The smallest absolute Gasteiger partial charge is 0.179 e. The molecule has 0 bridgehead atoms. The number of nitrogens with zero attached hydrogens (tertiary/aromatic N) is 1. The van der Waals surface area contributed by atoms with E-state index >= 15 is 0 Å². The fourth-order valence-corrected chi connectivity index (χ4v) is 2.68. The number of H-pyrrole nitrogens is 1. The molecule has 0 aliphatic carbocycles. The number of Topliss-reactive ketones (excluding diaryl/α,β-unsaturated/α-hetero) is 1. The first-order chi connectivity index (χ1) is 10.1. The first kappa shape index (κ1) is 13.6. The lowest BCUT2D eigenvalue weighted by molar-refractivity contribution is 0.0940. The molecule has 0 unspecified atom stereocenters. The van der Waals surface area contributed by atoms with E-state index in [1.807, 2.05) is 55.3 Å². The fourth-order valence-electron chi connectivity index (χ4n) is 2.68. The van der Waals surface area contributed by atoms with Crippen LogP contribution in [0.2, 0.25) is 0 Å². The molecule has 1 aromatic carbocycles. The van der Waals surface area contributed by atoms with E-state index in [1.165, 1.54) is 0 Å². The van der Waals surface area contributed by atoms with Crippen molar-refractivity contribution >= 4 is 16.7 Å². The van der Waals surface area contributed by atoms with Gasteiger partial charge < -0.3 is 9.40 Å². The first-order valence-electron chi connectivity index (χ1n) is 6.96. The maximum Gasteiger partial charge on any atom is 0.179 e. The van der Waals surface area contributed by atoms with Gasteiger partial charge in [-0.25, -0.2) is 0 Å². The summed E-state index contributed by atoms with van der Waals surface area (Å²) in [5, 5.41) is 0.992. The van der Waals surface area contributed by atoms with E-state index in [0.29, 0.717) is 13.1 Å². The van der Waals surface area contributed by atoms with E-state index in [9.17, 15) is 4.79 Å². The summed E-state index contributed by atoms with van der Waals surface area (Å²) >= 11 is 0. The van der Waals surface area contributed by atoms with Gasteiger partial charge in [-0.2, -0.15) is 0 Å². The number of furan rings is 1. The highest BCUT2D eigenvalue weighted by atomic mass is 16.3. The van der Waals surface area contributed by atoms with Crippen molar-refractivity contribution in [2.24, 2.45) is 0 Å². The van der Waals surface area contributed by atoms with Crippen LogP contribution in [0.5, 0.6) is 0 Å². The van der Waals surface area contributed by atoms with Crippen LogP contribution in [-0.2, 0) is 6.54 Å². The molecule has 0 amide bonds. The molecule has 0 fully saturated rings. The Morgan fingerprint density at radius 3 is 2.81 bits per heavy atom. The van der Waals surface area contributed by atoms with Crippen LogP contribution in [0.3, 0.4) is 0 Å². The SMILES string of the molecule is Cc1[nH]c2ccccc2c1C(=O)CN(C)Cc1ccco1. The third-order valence-electron chi connectivity index (χ3n) is 3.59. The van der Waals surface area contributed by atoms with Crippen LogP contribution >= 0.6 is 0 Å². The summed E-state index contributed by atoms with van der Waals surface area (Å²) in [5.41, 5.74) is 2.72. The number of carbonyl (C=O) groups excluding carboxylic acids is 1. The van der Waals surface area contributed by atoms with E-state index in [0.717, 1.165) is 27.9 Å². The molecule has 3 aromatic rings. The van der Waals surface area contributed by atoms with Crippen molar-refractivity contribution in [3.05, 3.63) is 59.7 Å². The molecule has 0 atom stereocenters. The molecule has 0 aliphatic heterocycles. The van der Waals surface area contributed by atoms with Gasteiger partial charge in [0.2, 0.25) is 0 Å². The van der Waals surface area contributed by atoms with E-state index in [4.69, 9.17) is 4.42 Å². The molecule has 3 rings (SSSR count). The number of benzene rings is 1. The second-order valence-electron chi connectivity index (χ2n) is 5.35. The van der Waals surface area contributed by atoms with E-state index in [2.05, 4.69) is 4.98 Å². The van der Waals surface area contributed by atoms with Crippen molar-refractivity contribution in [2.75, 3.05) is 13.6 Å². The second-order valence-corrected chi connectivity index (χ2v) is 5.35. The van der Waals surface area contributed by atoms with Gasteiger partial charge in [0.25, 0.3) is 0 Å². The Bertz CT molecular complexity index is 756. The number of para-hydroxylation sites is 1. The quantitative estimate of drug-likeness (QED) is 0.730. The van der Waals surface area contributed by atoms with Gasteiger partial charge in [0, 0.05) is 22.2 Å². The molecule has 0 aliphatic rings. The number of aryl methyl sites for hydroxylation is 1. The second kappa shape index (κ2) is 5.58. The normalized spacial score (nSPS) is 11.4. The topological polar surface area (TPSA) is 49.2 Å². The fraction of sp³-hybridized carbons (Fsp3) is 0.235. The van der Waals surface area contributed by atoms with Gasteiger partial charge in [-0.15, -0.1) is 0 Å². The molecule has 21 heavy (non-hydrogen) atoms. The highest BCUT2D eigenvalue weighted by Gasteiger charge is 2.17. The Hall–Kier alpha value is -2.33. The number of likely N-dealkylation sites (N-methyl/N-ethyl adjacent to an activating group) is 1. The number of ketones is 1. The average molecular weight is 282 g/mol. The van der Waals surface area contributed by atoms with E-state index in [-0.39, 0.29) is 5.78 Å². The van der Waals surface area contributed by atoms with Crippen molar-refractivity contribution in [3.8, 4) is 0 Å². The summed E-state index contributed by atoms with van der Waals surface area (Å²) in [4.78, 5) is 17.8. The highest BCUT2D eigenvalue weighted by Crippen LogP contribution is 2.22. The van der Waals surface area contributed by atoms with Gasteiger partial charge in [0.05, 0.1) is 19.4 Å². The zero-order valence-corrected chi connectivity index (χ0v) is 12.2. The van der Waals surface area contributed by atoms with E-state index < -0.39 is 0 Å². The monoisotopic (exact) mass is 282 g/mol. The summed E-state index contributed by atoms with van der Waals surface area (Å²) in [7, 11) is 1.92. The third-order valence-corrected chi connectivity index (χ3v) is 3.59. The van der Waals surface area contributed by atoms with Gasteiger partial charge in [0.15, 0.2) is 5.78 Å². The van der Waals surface area contributed by atoms with Crippen LogP contribution in [-0.4, -0.2) is 29.3 Å². The number of hydrogen-bond acceptors (Lipinski definition) is 3. The number of hydrogen-bond donors (Lipinski definition) is 1. The average Bonchev–Trinajstić information content (AvgIpc) is 3.04. The number of aromatic amines is 1. The number of aromatic nitrogens is 1. The summed E-state index contributed by atoms with van der Waals surface area (Å²) in [6.07, 6.45) is 1.65. The van der Waals surface area contributed by atoms with Gasteiger partial charge in [-0.3, -0.25) is 9.69 Å². The minimum absolute atomic E-state index is 0.124. The minimum Gasteiger partial charge on any atom is -0.468 e. The maximum absolute atomic E-state index is 12.6. The van der Waals surface area contributed by atoms with Gasteiger partial charge in [-0.05, 0) is 32.2 Å². The van der Waals surface area contributed by atoms with Crippen molar-refractivity contribution in [2.45, 2.75) is 13.5 Å². The summed E-state index contributed by atoms with van der Waals surface area (Å²) < 4.78 is 5.31. The largest absolute Gasteiger partial charge is 0.468 e. The summed E-state index contributed by atoms with van der Waals surface area (Å²) in [5.74, 6) is 0.986. The van der Waals surface area contributed by atoms with Gasteiger partial charge in [-0.1, -0.05) is 18.2 Å². The van der Waals surface area contributed by atoms with Crippen molar-refractivity contribution < 1.29 is 9.21 Å². The number of nitrogens with one attached hydrogen (secondary N) is 1. The zero-order chi connectivity index (χ0) is 14.8. The Morgan fingerprint density at radius 2 is 2.05 bits per heavy atom. The molecule has 0 saturated heterocycles. The maximum atomic E-state index is 12.6. The van der Waals surface area contributed by atoms with Crippen LogP contribution in [0.25, 0.3) is 10.9 Å². The standard InChI is InChI=1S/C17H18N2O2/c1-12-17(14-7-3-4-8-15(14)18-12)16(20)11-19(2)10-13-6-5-9-21-13/h3-9,18H,10-11H2,1-2H3. The van der Waals surface area contributed by atoms with Crippen LogP contribution in [0.4, 0.5) is 0 Å². The Morgan fingerprint density at radius 1 is 1.24 bits per heavy atom. The van der Waals surface area contributed by atoms with Crippen molar-refractivity contribution in [1.29, 1.82) is 0 Å². The molecule has 108 valence electrons. The molecular weight excluding hydrogens is 264 g/mol. The zero-order valence-electron chi connectivity index (χ0n) is 12.2. The van der Waals surface area contributed by atoms with Crippen molar-refractivity contribution in [1.82, 2.24) is 9.88 Å². The number of rotatable bonds is 5. The Labute approximate surface area is 123 Å². The third kappa shape index (κ3) is 2.76. The van der Waals surface area contributed by atoms with Gasteiger partial charge in [0.1, 0.15) is 5.76 Å². The Balaban J connectivity index is 1.79. The Kier molecular flexibility index (Phi) is 3.62. The van der Waals surface area contributed by atoms with Crippen LogP contribution < -0.4 is 0 Å². The molecule has 1 N–H and O–H groups in total. The van der Waals surface area contributed by atoms with Crippen LogP contribution in [0.15, 0.2) is 47.1 Å². The van der Waals surface area contributed by atoms with E-state index in [1.54, 1.807) is 6.26 Å². The molecule has 2 heterocycles. The van der Waals surface area contributed by atoms with Crippen LogP contribution in [0.1, 0.15) is 21.8 Å². The number of carbonyl (C=O) groups is 1. The summed E-state index contributed by atoms with van der Waals surface area (Å²) in [6.45, 7) is 2.93. The van der Waals surface area contributed by atoms with Gasteiger partial charge >= 0.3 is 0 Å². The molecule has 0 radical (unpaired) electrons. The lowest BCUT2D eigenvalue weighted by Gasteiger charge is -2.14. The lowest BCUT2D eigenvalue weighted by Crippen LogP contribution is -2.25. The predicted octanol–water partition coefficient (Wildman–Crippen LogP) is 3.38. The molecular formula is C17H18N2O2. The molecule has 2 aromatic heterocycles. The molecule has 0 saturated carbocycles. The molecule has 4 nitrogen and oxygen atoms in total. The predicted molar refractivity (Wildman–Crippen MR) is 82.4 cm³/mol. The van der Waals surface area contributed by atoms with Crippen molar-refractivity contribution in [3.63, 3.8) is 0 Å². The highest BCUT2D eigenvalue weighted by molar-refractivity contribution is 6.10.